The maximum Gasteiger partial charge on any atom is 0.218 e. The van der Waals surface area contributed by atoms with Crippen molar-refractivity contribution in [2.45, 2.75) is 32.7 Å². The van der Waals surface area contributed by atoms with E-state index in [4.69, 9.17) is 4.74 Å². The zero-order valence-corrected chi connectivity index (χ0v) is 11.4. The summed E-state index contributed by atoms with van der Waals surface area (Å²) in [5.74, 6) is 2.34. The number of nitrogens with one attached hydrogen (secondary N) is 1. The average Bonchev–Trinajstić information content (AvgIpc) is 2.88. The van der Waals surface area contributed by atoms with E-state index in [1.165, 1.54) is 12.8 Å². The van der Waals surface area contributed by atoms with Gasteiger partial charge in [-0.3, -0.25) is 0 Å². The fraction of sp³-hybridized carbons (Fsp3) is 0.692. The van der Waals surface area contributed by atoms with E-state index in [-0.39, 0.29) is 0 Å². The van der Waals surface area contributed by atoms with Gasteiger partial charge >= 0.3 is 0 Å². The van der Waals surface area contributed by atoms with Crippen molar-refractivity contribution >= 4 is 5.82 Å². The second-order valence-electron chi connectivity index (χ2n) is 4.65. The Morgan fingerprint density at radius 2 is 2.33 bits per heavy atom. The van der Waals surface area contributed by atoms with Crippen molar-refractivity contribution in [1.29, 1.82) is 0 Å². The molecule has 2 rings (SSSR count). The van der Waals surface area contributed by atoms with Crippen molar-refractivity contribution in [2.75, 3.05) is 31.6 Å². The molecule has 0 saturated carbocycles. The Morgan fingerprint density at radius 1 is 1.50 bits per heavy atom. The van der Waals surface area contributed by atoms with Crippen LogP contribution in [0.15, 0.2) is 6.07 Å². The molecule has 1 unspecified atom stereocenters. The molecule has 5 nitrogen and oxygen atoms in total. The van der Waals surface area contributed by atoms with Crippen molar-refractivity contribution in [2.24, 2.45) is 0 Å². The first-order chi connectivity index (χ1) is 8.72. The fourth-order valence-electron chi connectivity index (χ4n) is 2.36. The summed E-state index contributed by atoms with van der Waals surface area (Å²) in [6, 6.07) is 2.48. The number of rotatable bonds is 5. The molecule has 2 heterocycles. The summed E-state index contributed by atoms with van der Waals surface area (Å²) in [6.45, 7) is 7.12. The SMILES string of the molecule is CCN(CC1CCCN1)c1cc(OC)nc(C)n1. The van der Waals surface area contributed by atoms with Crippen LogP contribution in [-0.4, -0.2) is 42.8 Å². The lowest BCUT2D eigenvalue weighted by Crippen LogP contribution is -2.38. The first-order valence-corrected chi connectivity index (χ1v) is 6.61. The van der Waals surface area contributed by atoms with E-state index in [1.807, 2.05) is 13.0 Å². The van der Waals surface area contributed by atoms with Crippen LogP contribution in [-0.2, 0) is 0 Å². The van der Waals surface area contributed by atoms with E-state index in [0.717, 1.165) is 31.3 Å². The normalized spacial score (nSPS) is 18.9. The highest BCUT2D eigenvalue weighted by atomic mass is 16.5. The van der Waals surface area contributed by atoms with Crippen LogP contribution in [0.3, 0.4) is 0 Å². The van der Waals surface area contributed by atoms with Gasteiger partial charge in [-0.25, -0.2) is 4.98 Å². The van der Waals surface area contributed by atoms with Crippen LogP contribution in [0.1, 0.15) is 25.6 Å². The summed E-state index contributed by atoms with van der Waals surface area (Å²) in [5.41, 5.74) is 0. The van der Waals surface area contributed by atoms with Crippen molar-refractivity contribution in [3.8, 4) is 5.88 Å². The third-order valence-corrected chi connectivity index (χ3v) is 3.32. The second kappa shape index (κ2) is 6.00. The second-order valence-corrected chi connectivity index (χ2v) is 4.65. The van der Waals surface area contributed by atoms with Gasteiger partial charge in [-0.2, -0.15) is 4.98 Å². The summed E-state index contributed by atoms with van der Waals surface area (Å²) >= 11 is 0. The molecule has 1 atom stereocenters. The van der Waals surface area contributed by atoms with Crippen LogP contribution >= 0.6 is 0 Å². The topological polar surface area (TPSA) is 50.3 Å². The molecule has 0 bridgehead atoms. The highest BCUT2D eigenvalue weighted by Crippen LogP contribution is 2.18. The molecule has 1 aliphatic rings. The van der Waals surface area contributed by atoms with E-state index >= 15 is 0 Å². The molecule has 1 aromatic rings. The van der Waals surface area contributed by atoms with Crippen molar-refractivity contribution in [3.05, 3.63) is 11.9 Å². The lowest BCUT2D eigenvalue weighted by atomic mass is 10.2. The molecule has 1 saturated heterocycles. The summed E-state index contributed by atoms with van der Waals surface area (Å²) in [6.07, 6.45) is 2.52. The van der Waals surface area contributed by atoms with Crippen LogP contribution in [0.2, 0.25) is 0 Å². The summed E-state index contributed by atoms with van der Waals surface area (Å²) in [7, 11) is 1.64. The van der Waals surface area contributed by atoms with Gasteiger partial charge in [0.2, 0.25) is 5.88 Å². The molecule has 5 heteroatoms. The maximum atomic E-state index is 5.21. The Hall–Kier alpha value is -1.36. The number of likely N-dealkylation sites (N-methyl/N-ethyl adjacent to an activating group) is 1. The summed E-state index contributed by atoms with van der Waals surface area (Å²) in [4.78, 5) is 11.0. The number of hydrogen-bond acceptors (Lipinski definition) is 5. The molecular formula is C13H22N4O. The third kappa shape index (κ3) is 3.10. The van der Waals surface area contributed by atoms with Crippen LogP contribution in [0.5, 0.6) is 5.88 Å². The third-order valence-electron chi connectivity index (χ3n) is 3.32. The minimum atomic E-state index is 0.575. The molecule has 0 radical (unpaired) electrons. The van der Waals surface area contributed by atoms with Gasteiger partial charge in [0.05, 0.1) is 7.11 Å². The molecule has 0 spiro atoms. The molecule has 100 valence electrons. The number of nitrogens with zero attached hydrogens (tertiary/aromatic N) is 3. The lowest BCUT2D eigenvalue weighted by Gasteiger charge is -2.25. The first-order valence-electron chi connectivity index (χ1n) is 6.61. The highest BCUT2D eigenvalue weighted by Gasteiger charge is 2.18. The van der Waals surface area contributed by atoms with Gasteiger partial charge in [0, 0.05) is 25.2 Å². The average molecular weight is 250 g/mol. The van der Waals surface area contributed by atoms with Gasteiger partial charge in [-0.15, -0.1) is 0 Å². The Bertz CT molecular complexity index is 391. The predicted molar refractivity (Wildman–Crippen MR) is 72.2 cm³/mol. The Kier molecular flexibility index (Phi) is 4.36. The van der Waals surface area contributed by atoms with E-state index in [1.54, 1.807) is 7.11 Å². The predicted octanol–water partition coefficient (Wildman–Crippen LogP) is 1.37. The minimum Gasteiger partial charge on any atom is -0.481 e. The quantitative estimate of drug-likeness (QED) is 0.855. The van der Waals surface area contributed by atoms with Gasteiger partial charge in [-0.05, 0) is 33.2 Å². The van der Waals surface area contributed by atoms with Gasteiger partial charge in [0.1, 0.15) is 11.6 Å². The van der Waals surface area contributed by atoms with Crippen LogP contribution in [0, 0.1) is 6.92 Å². The number of aromatic nitrogens is 2. The molecule has 1 aliphatic heterocycles. The molecule has 1 aromatic heterocycles. The van der Waals surface area contributed by atoms with Crippen molar-refractivity contribution < 1.29 is 4.74 Å². The first kappa shape index (κ1) is 13.1. The lowest BCUT2D eigenvalue weighted by molar-refractivity contribution is 0.395. The number of hydrogen-bond donors (Lipinski definition) is 1. The molecule has 0 aromatic carbocycles. The molecular weight excluding hydrogens is 228 g/mol. The Balaban J connectivity index is 2.12. The van der Waals surface area contributed by atoms with Crippen LogP contribution in [0.4, 0.5) is 5.82 Å². The van der Waals surface area contributed by atoms with Crippen LogP contribution < -0.4 is 15.0 Å². The Morgan fingerprint density at radius 3 is 2.94 bits per heavy atom. The number of aryl methyl sites for hydroxylation is 1. The maximum absolute atomic E-state index is 5.21. The van der Waals surface area contributed by atoms with E-state index in [9.17, 15) is 0 Å². The van der Waals surface area contributed by atoms with Gasteiger partial charge in [-0.1, -0.05) is 0 Å². The molecule has 1 N–H and O–H groups in total. The van der Waals surface area contributed by atoms with Gasteiger partial charge < -0.3 is 15.0 Å². The van der Waals surface area contributed by atoms with E-state index < -0.39 is 0 Å². The smallest absolute Gasteiger partial charge is 0.218 e. The fourth-order valence-corrected chi connectivity index (χ4v) is 2.36. The molecule has 1 fully saturated rings. The summed E-state index contributed by atoms with van der Waals surface area (Å²) < 4.78 is 5.21. The minimum absolute atomic E-state index is 0.575. The van der Waals surface area contributed by atoms with Gasteiger partial charge in [0.25, 0.3) is 0 Å². The zero-order chi connectivity index (χ0) is 13.0. The van der Waals surface area contributed by atoms with E-state index in [0.29, 0.717) is 11.9 Å². The van der Waals surface area contributed by atoms with Crippen LogP contribution in [0.25, 0.3) is 0 Å². The zero-order valence-electron chi connectivity index (χ0n) is 11.4. The van der Waals surface area contributed by atoms with E-state index in [2.05, 4.69) is 27.1 Å². The monoisotopic (exact) mass is 250 g/mol. The largest absolute Gasteiger partial charge is 0.481 e. The summed E-state index contributed by atoms with van der Waals surface area (Å²) in [5, 5.41) is 3.52. The highest BCUT2D eigenvalue weighted by molar-refractivity contribution is 5.42. The van der Waals surface area contributed by atoms with Gasteiger partial charge in [0.15, 0.2) is 0 Å². The number of anilines is 1. The molecule has 18 heavy (non-hydrogen) atoms. The number of ether oxygens (including phenoxy) is 1. The Labute approximate surface area is 109 Å². The molecule has 0 amide bonds. The standard InChI is InChI=1S/C13H22N4O/c1-4-17(9-11-6-5-7-14-11)12-8-13(18-3)16-10(2)15-12/h8,11,14H,4-7,9H2,1-3H3. The number of methoxy groups -OCH3 is 1. The van der Waals surface area contributed by atoms with Crippen molar-refractivity contribution in [1.82, 2.24) is 15.3 Å². The molecule has 0 aliphatic carbocycles. The van der Waals surface area contributed by atoms with Crippen molar-refractivity contribution in [3.63, 3.8) is 0 Å².